The average molecular weight is 313 g/mol. The molecule has 1 amide bonds. The Bertz CT molecular complexity index is 634. The van der Waals surface area contributed by atoms with E-state index in [1.165, 1.54) is 37.5 Å². The summed E-state index contributed by atoms with van der Waals surface area (Å²) >= 11 is 1.98. The van der Waals surface area contributed by atoms with Gasteiger partial charge < -0.3 is 5.32 Å². The fourth-order valence-electron chi connectivity index (χ4n) is 3.04. The predicted molar refractivity (Wildman–Crippen MR) is 96.5 cm³/mol. The molecule has 1 fully saturated rings. The Hall–Kier alpha value is -1.48. The van der Waals surface area contributed by atoms with E-state index in [4.69, 9.17) is 0 Å². The van der Waals surface area contributed by atoms with Gasteiger partial charge >= 0.3 is 0 Å². The summed E-state index contributed by atoms with van der Waals surface area (Å²) in [6.45, 7) is 0. The summed E-state index contributed by atoms with van der Waals surface area (Å²) in [5, 5.41) is 6.17. The quantitative estimate of drug-likeness (QED) is 0.818. The minimum Gasteiger partial charge on any atom is -0.326 e. The molecule has 0 atom stereocenters. The Kier molecular flexibility index (Phi) is 5.38. The van der Waals surface area contributed by atoms with Crippen molar-refractivity contribution in [1.29, 1.82) is 0 Å². The van der Waals surface area contributed by atoms with Crippen LogP contribution in [0.3, 0.4) is 0 Å². The first-order valence-corrected chi connectivity index (χ1v) is 9.26. The third kappa shape index (κ3) is 4.26. The van der Waals surface area contributed by atoms with Gasteiger partial charge in [0.05, 0.1) is 0 Å². The molecule has 2 aromatic rings. The van der Waals surface area contributed by atoms with Gasteiger partial charge in [0.1, 0.15) is 0 Å². The van der Waals surface area contributed by atoms with Crippen LogP contribution in [0, 0.1) is 0 Å². The average Bonchev–Trinajstić information content (AvgIpc) is 2.56. The molecule has 2 aromatic carbocycles. The van der Waals surface area contributed by atoms with E-state index >= 15 is 0 Å². The summed E-state index contributed by atoms with van der Waals surface area (Å²) < 4.78 is 0. The Morgan fingerprint density at radius 3 is 2.64 bits per heavy atom. The van der Waals surface area contributed by atoms with Crippen LogP contribution in [0.25, 0.3) is 10.8 Å². The molecular formula is C19H23NOS. The Morgan fingerprint density at radius 1 is 1.05 bits per heavy atom. The molecule has 0 aromatic heterocycles. The standard InChI is InChI=1S/C19H23NOS/c21-19(12-13-22-18-8-2-1-3-9-18)20-17-11-10-15-6-4-5-7-16(15)14-17/h4-7,10-11,14,18H,1-3,8-9,12-13H2,(H,20,21). The van der Waals surface area contributed by atoms with Crippen LogP contribution in [-0.2, 0) is 4.79 Å². The van der Waals surface area contributed by atoms with Gasteiger partial charge in [0.15, 0.2) is 0 Å². The highest BCUT2D eigenvalue weighted by atomic mass is 32.2. The largest absolute Gasteiger partial charge is 0.326 e. The number of hydrogen-bond donors (Lipinski definition) is 1. The second-order valence-corrected chi connectivity index (χ2v) is 7.40. The normalized spacial score (nSPS) is 15.8. The highest BCUT2D eigenvalue weighted by Gasteiger charge is 2.14. The van der Waals surface area contributed by atoms with Crippen molar-refractivity contribution in [3.05, 3.63) is 42.5 Å². The second-order valence-electron chi connectivity index (χ2n) is 5.99. The molecule has 1 N–H and O–H groups in total. The molecule has 1 aliphatic carbocycles. The van der Waals surface area contributed by atoms with Crippen LogP contribution in [0.5, 0.6) is 0 Å². The maximum absolute atomic E-state index is 12.1. The molecule has 0 heterocycles. The number of carbonyl (C=O) groups excluding carboxylic acids is 1. The molecule has 2 nitrogen and oxygen atoms in total. The van der Waals surface area contributed by atoms with Crippen LogP contribution < -0.4 is 5.32 Å². The first-order chi connectivity index (χ1) is 10.8. The van der Waals surface area contributed by atoms with Gasteiger partial charge in [-0.05, 0) is 35.7 Å². The smallest absolute Gasteiger partial charge is 0.225 e. The van der Waals surface area contributed by atoms with Crippen molar-refractivity contribution in [2.45, 2.75) is 43.8 Å². The van der Waals surface area contributed by atoms with Gasteiger partial charge in [-0.1, -0.05) is 49.6 Å². The van der Waals surface area contributed by atoms with Crippen LogP contribution >= 0.6 is 11.8 Å². The topological polar surface area (TPSA) is 29.1 Å². The van der Waals surface area contributed by atoms with Gasteiger partial charge in [-0.25, -0.2) is 0 Å². The number of nitrogens with one attached hydrogen (secondary N) is 1. The highest BCUT2D eigenvalue weighted by molar-refractivity contribution is 7.99. The zero-order valence-electron chi connectivity index (χ0n) is 12.9. The van der Waals surface area contributed by atoms with Crippen LogP contribution in [0.4, 0.5) is 5.69 Å². The molecule has 0 bridgehead atoms. The SMILES string of the molecule is O=C(CCSC1CCCCC1)Nc1ccc2ccccc2c1. The molecule has 0 spiro atoms. The maximum atomic E-state index is 12.1. The number of hydrogen-bond acceptors (Lipinski definition) is 2. The van der Waals surface area contributed by atoms with E-state index in [-0.39, 0.29) is 5.91 Å². The van der Waals surface area contributed by atoms with E-state index in [0.29, 0.717) is 6.42 Å². The molecule has 22 heavy (non-hydrogen) atoms. The van der Waals surface area contributed by atoms with Gasteiger partial charge in [0.2, 0.25) is 5.91 Å². The lowest BCUT2D eigenvalue weighted by Gasteiger charge is -2.20. The summed E-state index contributed by atoms with van der Waals surface area (Å²) in [6.07, 6.45) is 7.38. The maximum Gasteiger partial charge on any atom is 0.225 e. The van der Waals surface area contributed by atoms with Crippen molar-refractivity contribution in [1.82, 2.24) is 0 Å². The molecule has 0 saturated heterocycles. The van der Waals surface area contributed by atoms with Gasteiger partial charge in [-0.15, -0.1) is 0 Å². The third-order valence-corrected chi connectivity index (χ3v) is 5.65. The number of benzene rings is 2. The number of amides is 1. The van der Waals surface area contributed by atoms with Gasteiger partial charge in [-0.3, -0.25) is 4.79 Å². The van der Waals surface area contributed by atoms with E-state index in [9.17, 15) is 4.79 Å². The van der Waals surface area contributed by atoms with Gasteiger partial charge in [0, 0.05) is 23.1 Å². The van der Waals surface area contributed by atoms with E-state index in [2.05, 4.69) is 23.5 Å². The Balaban J connectivity index is 1.47. The van der Waals surface area contributed by atoms with Crippen molar-refractivity contribution in [2.24, 2.45) is 0 Å². The summed E-state index contributed by atoms with van der Waals surface area (Å²) in [7, 11) is 0. The molecule has 3 rings (SSSR count). The zero-order valence-corrected chi connectivity index (χ0v) is 13.7. The molecule has 1 saturated carbocycles. The van der Waals surface area contributed by atoms with Crippen molar-refractivity contribution in [2.75, 3.05) is 11.1 Å². The lowest BCUT2D eigenvalue weighted by Crippen LogP contribution is -2.14. The van der Waals surface area contributed by atoms with Crippen molar-refractivity contribution in [3.63, 3.8) is 0 Å². The minimum atomic E-state index is 0.124. The van der Waals surface area contributed by atoms with Crippen LogP contribution in [0.15, 0.2) is 42.5 Å². The van der Waals surface area contributed by atoms with E-state index < -0.39 is 0 Å². The van der Waals surface area contributed by atoms with Crippen molar-refractivity contribution < 1.29 is 4.79 Å². The lowest BCUT2D eigenvalue weighted by molar-refractivity contribution is -0.115. The zero-order chi connectivity index (χ0) is 15.2. The lowest BCUT2D eigenvalue weighted by atomic mass is 10.0. The van der Waals surface area contributed by atoms with Gasteiger partial charge in [0.25, 0.3) is 0 Å². The summed E-state index contributed by atoms with van der Waals surface area (Å²) in [5.41, 5.74) is 0.895. The third-order valence-electron chi connectivity index (χ3n) is 4.27. The molecule has 0 unspecified atom stereocenters. The van der Waals surface area contributed by atoms with E-state index in [0.717, 1.165) is 22.1 Å². The molecule has 0 radical (unpaired) electrons. The van der Waals surface area contributed by atoms with E-state index in [1.54, 1.807) is 0 Å². The number of thioether (sulfide) groups is 1. The van der Waals surface area contributed by atoms with E-state index in [1.807, 2.05) is 36.0 Å². The highest BCUT2D eigenvalue weighted by Crippen LogP contribution is 2.28. The van der Waals surface area contributed by atoms with Gasteiger partial charge in [-0.2, -0.15) is 11.8 Å². The second kappa shape index (κ2) is 7.68. The Morgan fingerprint density at radius 2 is 1.82 bits per heavy atom. The molecule has 116 valence electrons. The predicted octanol–water partition coefficient (Wildman–Crippen LogP) is 5.23. The first-order valence-electron chi connectivity index (χ1n) is 8.21. The Labute approximate surface area is 136 Å². The molecular weight excluding hydrogens is 290 g/mol. The van der Waals surface area contributed by atoms with Crippen molar-refractivity contribution in [3.8, 4) is 0 Å². The molecule has 1 aliphatic rings. The summed E-state index contributed by atoms with van der Waals surface area (Å²) in [5.74, 6) is 1.06. The fraction of sp³-hybridized carbons (Fsp3) is 0.421. The van der Waals surface area contributed by atoms with Crippen LogP contribution in [0.2, 0.25) is 0 Å². The minimum absolute atomic E-state index is 0.124. The number of rotatable bonds is 5. The number of carbonyl (C=O) groups is 1. The van der Waals surface area contributed by atoms with Crippen molar-refractivity contribution >= 4 is 34.1 Å². The summed E-state index contributed by atoms with van der Waals surface area (Å²) in [4.78, 5) is 12.1. The number of fused-ring (bicyclic) bond motifs is 1. The van der Waals surface area contributed by atoms with Crippen LogP contribution in [0.1, 0.15) is 38.5 Å². The molecule has 3 heteroatoms. The number of anilines is 1. The monoisotopic (exact) mass is 313 g/mol. The van der Waals surface area contributed by atoms with Crippen LogP contribution in [-0.4, -0.2) is 16.9 Å². The first kappa shape index (κ1) is 15.4. The fourth-order valence-corrected chi connectivity index (χ4v) is 4.34. The summed E-state index contributed by atoms with van der Waals surface area (Å²) in [6, 6.07) is 14.3. The molecule has 0 aliphatic heterocycles.